The SMILES string of the molecule is CC1(C)c2ccccc2S(=O)(=O)c2cc(-c3cc4c5ccccc5n5c6sccc6c(c3)c45)ccc21. The van der Waals surface area contributed by atoms with Crippen molar-refractivity contribution in [1.82, 2.24) is 4.40 Å². The average Bonchev–Trinajstić information content (AvgIpc) is 3.57. The molecule has 0 aliphatic carbocycles. The molecule has 0 spiro atoms. The molecule has 3 nitrogen and oxygen atoms in total. The van der Waals surface area contributed by atoms with Gasteiger partial charge in [0, 0.05) is 27.0 Å². The number of hydrogen-bond acceptors (Lipinski definition) is 3. The smallest absolute Gasteiger partial charge is 0.207 e. The number of aromatic nitrogens is 1. The van der Waals surface area contributed by atoms with Gasteiger partial charge in [-0.05, 0) is 64.0 Å². The number of benzene rings is 4. The molecule has 0 amide bonds. The normalized spacial score (nSPS) is 16.2. The van der Waals surface area contributed by atoms with E-state index in [1.807, 2.05) is 30.3 Å². The summed E-state index contributed by atoms with van der Waals surface area (Å²) in [6.45, 7) is 4.22. The van der Waals surface area contributed by atoms with Gasteiger partial charge < -0.3 is 0 Å². The summed E-state index contributed by atoms with van der Waals surface area (Å²) in [6.07, 6.45) is 0. The third-order valence-electron chi connectivity index (χ3n) is 8.03. The Morgan fingerprint density at radius 1 is 0.694 bits per heavy atom. The van der Waals surface area contributed by atoms with Crippen molar-refractivity contribution < 1.29 is 8.42 Å². The van der Waals surface area contributed by atoms with E-state index in [0.717, 1.165) is 22.3 Å². The van der Waals surface area contributed by atoms with E-state index in [1.165, 1.54) is 37.4 Å². The van der Waals surface area contributed by atoms with Gasteiger partial charge in [-0.15, -0.1) is 11.3 Å². The van der Waals surface area contributed by atoms with Crippen LogP contribution in [0.4, 0.5) is 0 Å². The molecule has 4 aromatic carbocycles. The highest BCUT2D eigenvalue weighted by atomic mass is 32.2. The Morgan fingerprint density at radius 3 is 2.28 bits per heavy atom. The van der Waals surface area contributed by atoms with Crippen LogP contribution in [0.15, 0.2) is 100 Å². The number of sulfone groups is 1. The quantitative estimate of drug-likeness (QED) is 0.227. The number of rotatable bonds is 1. The lowest BCUT2D eigenvalue weighted by Crippen LogP contribution is -2.29. The minimum absolute atomic E-state index is 0.396. The third-order valence-corrected chi connectivity index (χ3v) is 10.8. The Bertz CT molecular complexity index is 2140. The number of para-hydroxylation sites is 1. The van der Waals surface area contributed by atoms with E-state index in [1.54, 1.807) is 17.4 Å². The van der Waals surface area contributed by atoms with Crippen LogP contribution in [0.2, 0.25) is 0 Å². The molecule has 7 aromatic rings. The molecule has 0 fully saturated rings. The predicted octanol–water partition coefficient (Wildman–Crippen LogP) is 8.04. The van der Waals surface area contributed by atoms with E-state index in [2.05, 4.69) is 72.2 Å². The lowest BCUT2D eigenvalue weighted by Gasteiger charge is -2.34. The van der Waals surface area contributed by atoms with Crippen molar-refractivity contribution in [3.8, 4) is 11.1 Å². The zero-order chi connectivity index (χ0) is 24.4. The first kappa shape index (κ1) is 20.5. The van der Waals surface area contributed by atoms with Crippen molar-refractivity contribution in [2.24, 2.45) is 0 Å². The second-order valence-electron chi connectivity index (χ2n) is 10.2. The molecule has 0 N–H and O–H groups in total. The van der Waals surface area contributed by atoms with Gasteiger partial charge in [-0.1, -0.05) is 62.4 Å². The second kappa shape index (κ2) is 6.55. The monoisotopic (exact) mass is 503 g/mol. The number of nitrogens with zero attached hydrogens (tertiary/aromatic N) is 1. The summed E-state index contributed by atoms with van der Waals surface area (Å²) in [5.74, 6) is 0. The summed E-state index contributed by atoms with van der Waals surface area (Å²) in [7, 11) is -3.62. The summed E-state index contributed by atoms with van der Waals surface area (Å²) in [5, 5.41) is 7.02. The molecule has 0 atom stereocenters. The zero-order valence-corrected chi connectivity index (χ0v) is 21.4. The van der Waals surface area contributed by atoms with Crippen LogP contribution in [0.3, 0.4) is 0 Å². The Kier molecular flexibility index (Phi) is 3.73. The predicted molar refractivity (Wildman–Crippen MR) is 148 cm³/mol. The molecule has 36 heavy (non-hydrogen) atoms. The van der Waals surface area contributed by atoms with Crippen LogP contribution in [0.1, 0.15) is 25.0 Å². The Hall–Kier alpha value is -3.67. The first-order valence-electron chi connectivity index (χ1n) is 12.0. The largest absolute Gasteiger partial charge is 0.300 e. The average molecular weight is 504 g/mol. The zero-order valence-electron chi connectivity index (χ0n) is 19.7. The maximum Gasteiger partial charge on any atom is 0.207 e. The molecular formula is C31H21NO2S2. The van der Waals surface area contributed by atoms with Crippen LogP contribution < -0.4 is 0 Å². The minimum Gasteiger partial charge on any atom is -0.300 e. The molecule has 8 rings (SSSR count). The topological polar surface area (TPSA) is 38.5 Å². The molecule has 1 aliphatic heterocycles. The van der Waals surface area contributed by atoms with E-state index >= 15 is 0 Å². The lowest BCUT2D eigenvalue weighted by molar-refractivity contribution is 0.556. The first-order valence-corrected chi connectivity index (χ1v) is 14.4. The van der Waals surface area contributed by atoms with Gasteiger partial charge in [0.05, 0.1) is 20.8 Å². The highest BCUT2D eigenvalue weighted by molar-refractivity contribution is 7.91. The van der Waals surface area contributed by atoms with Crippen LogP contribution >= 0.6 is 11.3 Å². The van der Waals surface area contributed by atoms with Gasteiger partial charge in [-0.25, -0.2) is 8.42 Å². The maximum absolute atomic E-state index is 13.8. The van der Waals surface area contributed by atoms with E-state index in [-0.39, 0.29) is 0 Å². The fourth-order valence-corrected chi connectivity index (χ4v) is 9.22. The van der Waals surface area contributed by atoms with Gasteiger partial charge in [0.15, 0.2) is 0 Å². The molecule has 0 unspecified atom stereocenters. The lowest BCUT2D eigenvalue weighted by atomic mass is 9.77. The third kappa shape index (κ3) is 2.35. The number of hydrogen-bond donors (Lipinski definition) is 0. The van der Waals surface area contributed by atoms with Crippen LogP contribution in [0, 0.1) is 0 Å². The summed E-state index contributed by atoms with van der Waals surface area (Å²) in [6, 6.07) is 28.6. The van der Waals surface area contributed by atoms with Gasteiger partial charge in [0.1, 0.15) is 4.83 Å². The van der Waals surface area contributed by atoms with Crippen LogP contribution in [0.5, 0.6) is 0 Å². The van der Waals surface area contributed by atoms with E-state index in [0.29, 0.717) is 9.79 Å². The molecular weight excluding hydrogens is 482 g/mol. The standard InChI is InChI=1S/C31H21NO2S2/c1-31(2)24-8-4-6-10-27(24)36(33,34)28-17-18(11-12-25(28)31)19-15-22-20-7-3-5-9-26(20)32-29(22)23(16-19)21-13-14-35-30(21)32/h3-17H,1-2H3. The van der Waals surface area contributed by atoms with Gasteiger partial charge in [0.25, 0.3) is 0 Å². The van der Waals surface area contributed by atoms with Crippen molar-refractivity contribution in [2.45, 2.75) is 29.1 Å². The summed E-state index contributed by atoms with van der Waals surface area (Å²) in [4.78, 5) is 2.08. The molecule has 5 heteroatoms. The minimum atomic E-state index is -3.62. The number of thiophene rings is 1. The van der Waals surface area contributed by atoms with E-state index < -0.39 is 15.3 Å². The van der Waals surface area contributed by atoms with E-state index in [9.17, 15) is 8.42 Å². The summed E-state index contributed by atoms with van der Waals surface area (Å²) < 4.78 is 29.9. The molecule has 3 aromatic heterocycles. The maximum atomic E-state index is 13.8. The molecule has 174 valence electrons. The molecule has 0 saturated heterocycles. The second-order valence-corrected chi connectivity index (χ2v) is 13.0. The van der Waals surface area contributed by atoms with Gasteiger partial charge in [-0.3, -0.25) is 4.40 Å². The van der Waals surface area contributed by atoms with Crippen molar-refractivity contribution in [3.63, 3.8) is 0 Å². The van der Waals surface area contributed by atoms with Crippen molar-refractivity contribution in [3.05, 3.63) is 101 Å². The first-order chi connectivity index (χ1) is 17.4. The van der Waals surface area contributed by atoms with Crippen molar-refractivity contribution in [2.75, 3.05) is 0 Å². The summed E-state index contributed by atoms with van der Waals surface area (Å²) >= 11 is 1.76. The molecule has 0 saturated carbocycles. The highest BCUT2D eigenvalue weighted by Gasteiger charge is 2.40. The number of fused-ring (bicyclic) bond motifs is 8. The van der Waals surface area contributed by atoms with Crippen LogP contribution in [0.25, 0.3) is 48.5 Å². The molecule has 4 heterocycles. The molecule has 0 bridgehead atoms. The fourth-order valence-electron chi connectivity index (χ4n) is 6.28. The van der Waals surface area contributed by atoms with E-state index in [4.69, 9.17) is 0 Å². The highest BCUT2D eigenvalue weighted by Crippen LogP contribution is 2.48. The van der Waals surface area contributed by atoms with Crippen LogP contribution in [-0.4, -0.2) is 12.8 Å². The van der Waals surface area contributed by atoms with Crippen molar-refractivity contribution in [1.29, 1.82) is 0 Å². The van der Waals surface area contributed by atoms with Crippen LogP contribution in [-0.2, 0) is 15.3 Å². The van der Waals surface area contributed by atoms with Crippen molar-refractivity contribution >= 4 is 58.6 Å². The Morgan fingerprint density at radius 2 is 1.42 bits per heavy atom. The van der Waals surface area contributed by atoms with Gasteiger partial charge >= 0.3 is 0 Å². The fraction of sp³-hybridized carbons (Fsp3) is 0.0968. The molecule has 0 radical (unpaired) electrons. The Labute approximate surface area is 212 Å². The van der Waals surface area contributed by atoms with Gasteiger partial charge in [0.2, 0.25) is 9.84 Å². The summed E-state index contributed by atoms with van der Waals surface area (Å²) in [5.41, 5.74) is 5.72. The molecule has 1 aliphatic rings. The Balaban J connectivity index is 1.45. The van der Waals surface area contributed by atoms with Gasteiger partial charge in [-0.2, -0.15) is 0 Å².